The lowest BCUT2D eigenvalue weighted by Gasteiger charge is -2.37. The summed E-state index contributed by atoms with van der Waals surface area (Å²) in [4.78, 5) is 106. The third kappa shape index (κ3) is 20.2. The van der Waals surface area contributed by atoms with Crippen LogP contribution in [0.2, 0.25) is 0 Å². The number of rotatable bonds is 21. The zero-order valence-electron chi connectivity index (χ0n) is 74.9. The minimum atomic E-state index is -0.967. The number of aryl methyl sites for hydroxylation is 2. The number of nitrogens with one attached hydrogen (secondary N) is 4. The molecule has 9 aromatic rings. The first kappa shape index (κ1) is 91.2. The Bertz CT molecular complexity index is 5720. The topological polar surface area (TPSA) is 331 Å². The molecule has 4 saturated heterocycles. The Kier molecular flexibility index (Phi) is 28.7. The molecule has 4 aromatic heterocycles. The number of carbonyl (C=O) groups is 4. The lowest BCUT2D eigenvalue weighted by Crippen LogP contribution is -2.49. The zero-order valence-corrected chi connectivity index (χ0v) is 74.9. The summed E-state index contributed by atoms with van der Waals surface area (Å²) in [5, 5.41) is 49.1. The summed E-state index contributed by atoms with van der Waals surface area (Å²) in [6.45, 7) is 34.9. The number of fused-ring (bicyclic) bond motifs is 1. The van der Waals surface area contributed by atoms with Crippen LogP contribution < -0.4 is 40.9 Å². The number of aromatic nitrogens is 4. The molecule has 4 unspecified atom stereocenters. The van der Waals surface area contributed by atoms with Crippen molar-refractivity contribution in [3.63, 3.8) is 0 Å². The third-order valence-corrected chi connectivity index (χ3v) is 23.9. The molecule has 29 nitrogen and oxygen atoms in total. The largest absolute Gasteiger partial charge is 0.410 e. The van der Waals surface area contributed by atoms with E-state index in [2.05, 4.69) is 128 Å². The molecule has 8 aliphatic rings. The van der Waals surface area contributed by atoms with Gasteiger partial charge in [-0.1, -0.05) is 159 Å². The number of benzene rings is 5. The highest BCUT2D eigenvalue weighted by atomic mass is 16.7. The van der Waals surface area contributed by atoms with Crippen LogP contribution in [0.25, 0.3) is 22.2 Å². The molecule has 0 bridgehead atoms. The molecule has 8 aliphatic heterocycles. The molecule has 666 valence electrons. The molecule has 0 saturated carbocycles. The summed E-state index contributed by atoms with van der Waals surface area (Å²) in [6.07, 6.45) is 15.3. The van der Waals surface area contributed by atoms with Crippen LogP contribution in [-0.4, -0.2) is 196 Å². The lowest BCUT2D eigenvalue weighted by atomic mass is 9.94. The number of piperidine rings is 4. The number of pyridine rings is 4. The molecule has 2 amide bonds. The first-order valence-corrected chi connectivity index (χ1v) is 43.7. The van der Waals surface area contributed by atoms with Crippen molar-refractivity contribution in [3.8, 4) is 0 Å². The zero-order chi connectivity index (χ0) is 90.4. The number of carbonyl (C=O) groups excluding carboxylic acids is 4. The summed E-state index contributed by atoms with van der Waals surface area (Å²) in [7, 11) is 3.16. The standard InChI is InChI=1S/C26H26N4O3.C25H31N5O2.C24H29N5O2.C24H28N4O4/c1-26(2)23(31)22(29-33-26)18-9-11-19(12-10-18)25(32)30(20-7-5-14-27-16-20)24-21-8-4-3-6-17(21)13-15-28-24;1-17-8-6-15-27-24(17)30(21-9-7-14-26-16-21)18(2)19-10-12-20(13-11-19)22-23(29-31-5)25(3,4)32-28-22;1-16-7-5-14-26-23(16)29(20-8-6-13-25-15-20)17(2)18-9-11-19(12-10-18)21-22(27-30)24(3,4)31-28-21;1-24(2)21(29)20(27-32-24)16-8-10-17(11-9-16)23(30)28(19-7-5-12-25-14-19)22-18(15-31-3)6-4-13-26-22/h3-4,6,8-13,15,20,27H,5,7,14,16H2,1-2H3;6,8,10-13,15,21,26H,2,7,9,14,16H2,1,3-5H3;5,7,9-12,14,20,25,30H,2,6,8,13,15H2,1,3-4H3;4,6,8-11,13,19,25H,5,7,12,14-15H2,1-3H3/b;29-23-;27-22-;. The number of hydrogen-bond acceptors (Lipinski definition) is 27. The van der Waals surface area contributed by atoms with Gasteiger partial charge in [-0.3, -0.25) is 29.0 Å². The van der Waals surface area contributed by atoms with E-state index in [9.17, 15) is 24.4 Å². The van der Waals surface area contributed by atoms with Crippen LogP contribution in [0.4, 0.5) is 23.3 Å². The van der Waals surface area contributed by atoms with Gasteiger partial charge < -0.3 is 65.2 Å². The van der Waals surface area contributed by atoms with E-state index in [-0.39, 0.29) is 52.9 Å². The predicted molar refractivity (Wildman–Crippen MR) is 501 cm³/mol. The average Bonchev–Trinajstić information content (AvgIpc) is 1.78. The van der Waals surface area contributed by atoms with Crippen LogP contribution >= 0.6 is 0 Å². The normalized spacial score (nSPS) is 20.5. The van der Waals surface area contributed by atoms with E-state index in [4.69, 9.17) is 33.9 Å². The monoisotopic (exact) mass is 1730 g/mol. The van der Waals surface area contributed by atoms with Crippen LogP contribution in [0, 0.1) is 13.8 Å². The van der Waals surface area contributed by atoms with Crippen molar-refractivity contribution < 1.29 is 53.3 Å². The fourth-order valence-corrected chi connectivity index (χ4v) is 16.8. The van der Waals surface area contributed by atoms with Crippen molar-refractivity contribution in [2.75, 3.05) is 86.2 Å². The molecule has 4 fully saturated rings. The fraction of sp³-hybridized carbons (Fsp3) is 0.374. The van der Waals surface area contributed by atoms with Crippen LogP contribution in [0.5, 0.6) is 0 Å². The SMILES string of the molecule is C=C(c1ccc(C2=NOC(C)(C)/C2=N\O)cc1)N(c1ncccc1C)C1CCCNC1.C=C(c1ccc(C2=NOC(C)(C)/C2=N\OC)cc1)N(c1ncccc1C)C1CCCNC1.CC1(C)ON=C(c2ccc(C(=O)N(c3nccc4ccccc34)C3CCCNC3)cc2)C1=O.COCc1cccnc1N(C(=O)c1ccc(C2=NOC(C)(C)C2=O)cc1)C1CCCNC1. The Morgan fingerprint density at radius 3 is 1.18 bits per heavy atom. The van der Waals surface area contributed by atoms with Gasteiger partial charge in [-0.2, -0.15) is 0 Å². The van der Waals surface area contributed by atoms with Crippen LogP contribution in [0.15, 0.2) is 233 Å². The molecule has 4 atom stereocenters. The first-order valence-electron chi connectivity index (χ1n) is 43.7. The maximum atomic E-state index is 13.8. The van der Waals surface area contributed by atoms with Gasteiger partial charge in [0.1, 0.15) is 41.8 Å². The predicted octanol–water partition coefficient (Wildman–Crippen LogP) is 14.5. The Balaban J connectivity index is 0.000000138. The molecule has 5 N–H and O–H groups in total. The van der Waals surface area contributed by atoms with Gasteiger partial charge in [-0.15, -0.1) is 0 Å². The number of oxime groups is 6. The second-order valence-corrected chi connectivity index (χ2v) is 34.8. The van der Waals surface area contributed by atoms with Crippen molar-refractivity contribution in [1.82, 2.24) is 41.2 Å². The number of methoxy groups -OCH3 is 1. The molecule has 0 radical (unpaired) electrons. The third-order valence-electron chi connectivity index (χ3n) is 23.9. The number of amides is 2. The van der Waals surface area contributed by atoms with E-state index in [0.29, 0.717) is 82.5 Å². The Morgan fingerprint density at radius 2 is 0.789 bits per heavy atom. The molecular weight excluding hydrogens is 1620 g/mol. The number of ether oxygens (including phenoxy) is 1. The smallest absolute Gasteiger partial charge is 0.259 e. The van der Waals surface area contributed by atoms with Crippen molar-refractivity contribution in [2.24, 2.45) is 30.9 Å². The van der Waals surface area contributed by atoms with Gasteiger partial charge in [0.25, 0.3) is 11.8 Å². The van der Waals surface area contributed by atoms with E-state index in [1.807, 2.05) is 136 Å². The second kappa shape index (κ2) is 40.3. The summed E-state index contributed by atoms with van der Waals surface area (Å²) in [5.41, 5.74) is 10.6. The van der Waals surface area contributed by atoms with Crippen molar-refractivity contribution >= 4 is 103 Å². The van der Waals surface area contributed by atoms with E-state index in [0.717, 1.165) is 163 Å². The minimum Gasteiger partial charge on any atom is -0.410 e. The number of anilines is 4. The van der Waals surface area contributed by atoms with E-state index in [1.54, 1.807) is 101 Å². The van der Waals surface area contributed by atoms with E-state index < -0.39 is 22.4 Å². The summed E-state index contributed by atoms with van der Waals surface area (Å²) in [5.74, 6) is 2.58. The van der Waals surface area contributed by atoms with E-state index >= 15 is 0 Å². The molecule has 0 aliphatic carbocycles. The summed E-state index contributed by atoms with van der Waals surface area (Å²) >= 11 is 0. The number of hydrogen-bond donors (Lipinski definition) is 5. The molecule has 128 heavy (non-hydrogen) atoms. The Hall–Kier alpha value is -13.1. The quantitative estimate of drug-likeness (QED) is 0.0329. The van der Waals surface area contributed by atoms with Crippen LogP contribution in [0.3, 0.4) is 0 Å². The molecule has 17 rings (SSSR count). The highest BCUT2D eigenvalue weighted by Crippen LogP contribution is 2.38. The van der Waals surface area contributed by atoms with E-state index in [1.165, 1.54) is 7.11 Å². The van der Waals surface area contributed by atoms with Crippen molar-refractivity contribution in [3.05, 3.63) is 263 Å². The van der Waals surface area contributed by atoms with Crippen LogP contribution in [0.1, 0.15) is 178 Å². The van der Waals surface area contributed by atoms with Gasteiger partial charge in [-0.25, -0.2) is 19.9 Å². The highest BCUT2D eigenvalue weighted by Gasteiger charge is 2.44. The van der Waals surface area contributed by atoms with Crippen molar-refractivity contribution in [1.29, 1.82) is 0 Å². The molecule has 29 heteroatoms. The number of ketones is 2. The summed E-state index contributed by atoms with van der Waals surface area (Å²) in [6, 6.07) is 52.4. The highest BCUT2D eigenvalue weighted by molar-refractivity contribution is 6.52. The summed E-state index contributed by atoms with van der Waals surface area (Å²) < 4.78 is 5.34. The van der Waals surface area contributed by atoms with Gasteiger partial charge >= 0.3 is 0 Å². The maximum Gasteiger partial charge on any atom is 0.259 e. The Morgan fingerprint density at radius 1 is 0.430 bits per heavy atom. The molecular formula is C99H114N18O11. The van der Waals surface area contributed by atoms with Gasteiger partial charge in [0, 0.05) is 126 Å². The Labute approximate surface area is 747 Å². The minimum absolute atomic E-state index is 0.000725. The second-order valence-electron chi connectivity index (χ2n) is 34.8. The first-order chi connectivity index (χ1) is 61.7. The number of nitrogens with zero attached hydrogens (tertiary/aromatic N) is 14. The molecule has 12 heterocycles. The van der Waals surface area contributed by atoms with Gasteiger partial charge in [-0.05, 0) is 223 Å². The fourth-order valence-electron chi connectivity index (χ4n) is 16.8. The molecule has 0 spiro atoms. The van der Waals surface area contributed by atoms with Crippen molar-refractivity contribution in [2.45, 2.75) is 174 Å². The lowest BCUT2D eigenvalue weighted by molar-refractivity contribution is -0.128. The average molecular weight is 1730 g/mol. The van der Waals surface area contributed by atoms with Crippen LogP contribution in [-0.2, 0) is 45.1 Å². The van der Waals surface area contributed by atoms with Gasteiger partial charge in [0.05, 0.1) is 18.7 Å². The molecule has 5 aromatic carbocycles. The van der Waals surface area contributed by atoms with Gasteiger partial charge in [0.15, 0.2) is 45.3 Å². The maximum absolute atomic E-state index is 13.8. The number of Topliss-reactive ketones (excluding diaryl/α,β-unsaturated/α-hetero) is 2. The van der Waals surface area contributed by atoms with Gasteiger partial charge in [0.2, 0.25) is 11.6 Å².